The standard InChI is InChI=1S/C26H18ClNO4/c1-26-21-16-8-4-2-6-14(16)20(15-7-3-5-9-17(15)21)22(26)23(29)28(25(26)32)13-10-11-19(27)18(12-13)24(30)31/h2-12,20-22H,1H3,(H,30,31)/t20?,21?,22-,26-/m1/s1. The highest BCUT2D eigenvalue weighted by atomic mass is 35.5. The molecule has 4 aliphatic rings. The number of hydrogen-bond acceptors (Lipinski definition) is 3. The van der Waals surface area contributed by atoms with Crippen LogP contribution in [-0.4, -0.2) is 22.9 Å². The zero-order valence-electron chi connectivity index (χ0n) is 17.1. The number of carboxylic acids is 1. The first-order valence-corrected chi connectivity index (χ1v) is 10.8. The van der Waals surface area contributed by atoms with Crippen molar-refractivity contribution < 1.29 is 19.5 Å². The van der Waals surface area contributed by atoms with E-state index in [9.17, 15) is 19.5 Å². The van der Waals surface area contributed by atoms with Gasteiger partial charge in [-0.05, 0) is 47.4 Å². The van der Waals surface area contributed by atoms with Gasteiger partial charge in [-0.1, -0.05) is 60.1 Å². The molecule has 1 heterocycles. The molecule has 32 heavy (non-hydrogen) atoms. The first kappa shape index (κ1) is 19.3. The van der Waals surface area contributed by atoms with Crippen molar-refractivity contribution in [2.75, 3.05) is 4.90 Å². The molecule has 2 amide bonds. The number of aromatic carboxylic acids is 1. The van der Waals surface area contributed by atoms with Crippen molar-refractivity contribution in [3.8, 4) is 0 Å². The Labute approximate surface area is 189 Å². The van der Waals surface area contributed by atoms with E-state index in [0.29, 0.717) is 0 Å². The van der Waals surface area contributed by atoms with Gasteiger partial charge in [0.1, 0.15) is 0 Å². The predicted molar refractivity (Wildman–Crippen MR) is 119 cm³/mol. The Morgan fingerprint density at radius 1 is 0.938 bits per heavy atom. The number of halogens is 1. The molecule has 1 aliphatic heterocycles. The van der Waals surface area contributed by atoms with Crippen LogP contribution < -0.4 is 4.90 Å². The normalized spacial score (nSPS) is 27.2. The van der Waals surface area contributed by atoms with Gasteiger partial charge in [-0.3, -0.25) is 9.59 Å². The van der Waals surface area contributed by atoms with Crippen LogP contribution in [0, 0.1) is 11.3 Å². The number of benzene rings is 3. The van der Waals surface area contributed by atoms with Gasteiger partial charge in [-0.2, -0.15) is 0 Å². The molecule has 3 aliphatic carbocycles. The minimum atomic E-state index is -1.21. The van der Waals surface area contributed by atoms with Gasteiger partial charge in [0.15, 0.2) is 0 Å². The van der Waals surface area contributed by atoms with Crippen LogP contribution in [0.25, 0.3) is 0 Å². The third kappa shape index (κ3) is 2.16. The molecule has 1 fully saturated rings. The highest BCUT2D eigenvalue weighted by Crippen LogP contribution is 2.67. The Morgan fingerprint density at radius 3 is 2.06 bits per heavy atom. The fourth-order valence-corrected chi connectivity index (χ4v) is 6.37. The molecule has 5 nitrogen and oxygen atoms in total. The number of rotatable bonds is 2. The van der Waals surface area contributed by atoms with E-state index in [-0.39, 0.29) is 39.9 Å². The third-order valence-corrected chi connectivity index (χ3v) is 7.78. The number of imide groups is 1. The maximum atomic E-state index is 14.0. The van der Waals surface area contributed by atoms with Crippen LogP contribution in [0.3, 0.4) is 0 Å². The van der Waals surface area contributed by atoms with Gasteiger partial charge >= 0.3 is 5.97 Å². The number of carbonyl (C=O) groups is 3. The van der Waals surface area contributed by atoms with Crippen LogP contribution in [-0.2, 0) is 9.59 Å². The van der Waals surface area contributed by atoms with Crippen LogP contribution in [0.4, 0.5) is 5.69 Å². The van der Waals surface area contributed by atoms with E-state index in [1.807, 2.05) is 43.3 Å². The monoisotopic (exact) mass is 443 g/mol. The fraction of sp³-hybridized carbons (Fsp3) is 0.192. The van der Waals surface area contributed by atoms with Crippen LogP contribution in [0.5, 0.6) is 0 Å². The third-order valence-electron chi connectivity index (χ3n) is 7.45. The van der Waals surface area contributed by atoms with Crippen LogP contribution >= 0.6 is 11.6 Å². The molecule has 3 aromatic carbocycles. The van der Waals surface area contributed by atoms with Gasteiger partial charge in [0.2, 0.25) is 11.8 Å². The van der Waals surface area contributed by atoms with Crippen LogP contribution in [0.2, 0.25) is 5.02 Å². The summed E-state index contributed by atoms with van der Waals surface area (Å²) in [7, 11) is 0. The zero-order chi connectivity index (χ0) is 22.4. The molecular formula is C26H18ClNO4. The Kier molecular flexibility index (Phi) is 3.79. The van der Waals surface area contributed by atoms with Gasteiger partial charge in [0.05, 0.1) is 27.6 Å². The van der Waals surface area contributed by atoms with Gasteiger partial charge in [-0.25, -0.2) is 9.69 Å². The fourth-order valence-electron chi connectivity index (χ4n) is 6.18. The minimum Gasteiger partial charge on any atom is -0.478 e. The van der Waals surface area contributed by atoms with E-state index in [4.69, 9.17) is 11.6 Å². The van der Waals surface area contributed by atoms with E-state index in [1.165, 1.54) is 23.1 Å². The summed E-state index contributed by atoms with van der Waals surface area (Å²) in [5.41, 5.74) is 3.48. The Balaban J connectivity index is 1.58. The highest BCUT2D eigenvalue weighted by Gasteiger charge is 2.68. The SMILES string of the molecule is C[C@]12C(=O)N(c3ccc(Cl)c(C(=O)O)c3)C(=O)[C@H]1C1c3ccccc3C2c2ccccc21. The summed E-state index contributed by atoms with van der Waals surface area (Å²) < 4.78 is 0. The number of anilines is 1. The number of carboxylic acid groups (broad SMARTS) is 1. The van der Waals surface area contributed by atoms with E-state index in [1.54, 1.807) is 0 Å². The van der Waals surface area contributed by atoms with E-state index in [2.05, 4.69) is 12.1 Å². The maximum absolute atomic E-state index is 14.0. The quantitative estimate of drug-likeness (QED) is 0.576. The Morgan fingerprint density at radius 2 is 1.50 bits per heavy atom. The smallest absolute Gasteiger partial charge is 0.337 e. The summed E-state index contributed by atoms with van der Waals surface area (Å²) in [6, 6.07) is 20.3. The summed E-state index contributed by atoms with van der Waals surface area (Å²) in [6.45, 7) is 1.88. The van der Waals surface area contributed by atoms with Crippen molar-refractivity contribution in [2.24, 2.45) is 11.3 Å². The topological polar surface area (TPSA) is 74.7 Å². The van der Waals surface area contributed by atoms with Crippen molar-refractivity contribution in [1.29, 1.82) is 0 Å². The number of carbonyl (C=O) groups excluding carboxylic acids is 2. The van der Waals surface area contributed by atoms with Crippen molar-refractivity contribution in [2.45, 2.75) is 18.8 Å². The maximum Gasteiger partial charge on any atom is 0.337 e. The zero-order valence-corrected chi connectivity index (χ0v) is 17.8. The van der Waals surface area contributed by atoms with Crippen LogP contribution in [0.1, 0.15) is 51.4 Å². The molecule has 0 saturated carbocycles. The van der Waals surface area contributed by atoms with Crippen molar-refractivity contribution in [3.05, 3.63) is 99.6 Å². The predicted octanol–water partition coefficient (Wildman–Crippen LogP) is 4.82. The van der Waals surface area contributed by atoms with Gasteiger partial charge in [-0.15, -0.1) is 0 Å². The first-order valence-electron chi connectivity index (χ1n) is 10.4. The molecule has 7 rings (SSSR count). The average molecular weight is 444 g/mol. The van der Waals surface area contributed by atoms with E-state index in [0.717, 1.165) is 22.3 Å². The molecule has 0 spiro atoms. The average Bonchev–Trinajstić information content (AvgIpc) is 3.00. The molecule has 1 N–H and O–H groups in total. The molecule has 2 atom stereocenters. The van der Waals surface area contributed by atoms with Gasteiger partial charge < -0.3 is 5.11 Å². The highest BCUT2D eigenvalue weighted by molar-refractivity contribution is 6.34. The minimum absolute atomic E-state index is 0.0591. The molecule has 3 aromatic rings. The summed E-state index contributed by atoms with van der Waals surface area (Å²) >= 11 is 6.03. The molecule has 0 radical (unpaired) electrons. The summed E-state index contributed by atoms with van der Waals surface area (Å²) in [6.07, 6.45) is 0. The number of hydrogen-bond donors (Lipinski definition) is 1. The lowest BCUT2D eigenvalue weighted by Crippen LogP contribution is -2.49. The lowest BCUT2D eigenvalue weighted by atomic mass is 9.48. The van der Waals surface area contributed by atoms with Crippen molar-refractivity contribution in [1.82, 2.24) is 0 Å². The lowest BCUT2D eigenvalue weighted by Gasteiger charge is -2.51. The van der Waals surface area contributed by atoms with Crippen LogP contribution in [0.15, 0.2) is 66.7 Å². The van der Waals surface area contributed by atoms with Crippen molar-refractivity contribution >= 4 is 35.1 Å². The molecule has 158 valence electrons. The van der Waals surface area contributed by atoms with Gasteiger partial charge in [0.25, 0.3) is 0 Å². The molecular weight excluding hydrogens is 426 g/mol. The lowest BCUT2D eigenvalue weighted by molar-refractivity contribution is -0.128. The second-order valence-corrected chi connectivity index (χ2v) is 9.28. The van der Waals surface area contributed by atoms with E-state index < -0.39 is 17.3 Å². The summed E-state index contributed by atoms with van der Waals surface area (Å²) in [5.74, 6) is -2.85. The van der Waals surface area contributed by atoms with Crippen molar-refractivity contribution in [3.63, 3.8) is 0 Å². The number of nitrogens with zero attached hydrogens (tertiary/aromatic N) is 1. The van der Waals surface area contributed by atoms with E-state index >= 15 is 0 Å². The van der Waals surface area contributed by atoms with Gasteiger partial charge in [0, 0.05) is 11.8 Å². The Bertz CT molecular complexity index is 1320. The first-order chi connectivity index (χ1) is 15.4. The molecule has 0 unspecified atom stereocenters. The Hall–Kier alpha value is -3.44. The molecule has 6 heteroatoms. The molecule has 0 aromatic heterocycles. The largest absolute Gasteiger partial charge is 0.478 e. The number of amides is 2. The molecule has 2 bridgehead atoms. The second kappa shape index (κ2) is 6.30. The second-order valence-electron chi connectivity index (χ2n) is 8.88. The summed E-state index contributed by atoms with van der Waals surface area (Å²) in [4.78, 5) is 40.6. The summed E-state index contributed by atoms with van der Waals surface area (Å²) in [5, 5.41) is 9.54. The molecule has 1 saturated heterocycles.